The van der Waals surface area contributed by atoms with Gasteiger partial charge < -0.3 is 9.47 Å². The first-order chi connectivity index (χ1) is 7.87. The van der Waals surface area contributed by atoms with Crippen molar-refractivity contribution in [1.82, 2.24) is 4.98 Å². The number of pyridine rings is 1. The van der Waals surface area contributed by atoms with E-state index >= 15 is 0 Å². The zero-order valence-corrected chi connectivity index (χ0v) is 9.13. The van der Waals surface area contributed by atoms with E-state index in [0.717, 1.165) is 0 Å². The van der Waals surface area contributed by atoms with E-state index in [4.69, 9.17) is 10.00 Å². The van der Waals surface area contributed by atoms with E-state index in [1.54, 1.807) is 6.92 Å². The molecule has 0 aromatic carbocycles. The predicted molar refractivity (Wildman–Crippen MR) is 51.5 cm³/mol. The van der Waals surface area contributed by atoms with Crippen molar-refractivity contribution in [1.29, 1.82) is 5.26 Å². The molecule has 0 aliphatic rings. The number of hydrogen-bond donors (Lipinski definition) is 0. The first-order valence-corrected chi connectivity index (χ1v) is 4.54. The van der Waals surface area contributed by atoms with Crippen LogP contribution in [0.15, 0.2) is 6.07 Å². The number of alkyl halides is 3. The molecule has 1 aromatic heterocycles. The van der Waals surface area contributed by atoms with Crippen molar-refractivity contribution in [3.8, 4) is 17.7 Å². The average molecular weight is 246 g/mol. The normalized spacial score (nSPS) is 10.8. The highest BCUT2D eigenvalue weighted by Crippen LogP contribution is 2.31. The highest BCUT2D eigenvalue weighted by atomic mass is 19.4. The molecule has 1 heterocycles. The third kappa shape index (κ3) is 3.52. The molecular weight excluding hydrogens is 237 g/mol. The summed E-state index contributed by atoms with van der Waals surface area (Å²) in [5.74, 6) is -0.808. The molecule has 0 fully saturated rings. The van der Waals surface area contributed by atoms with Gasteiger partial charge in [0, 0.05) is 0 Å². The molecule has 0 aliphatic carbocycles. The van der Waals surface area contributed by atoms with Crippen LogP contribution in [-0.2, 0) is 6.42 Å². The van der Waals surface area contributed by atoms with Gasteiger partial charge in [0.1, 0.15) is 0 Å². The molecule has 0 spiro atoms. The summed E-state index contributed by atoms with van der Waals surface area (Å²) in [4.78, 5) is 3.63. The highest BCUT2D eigenvalue weighted by molar-refractivity contribution is 5.40. The van der Waals surface area contributed by atoms with Crippen LogP contribution in [0.3, 0.4) is 0 Å². The predicted octanol–water partition coefficient (Wildman–Crippen LogP) is 2.36. The summed E-state index contributed by atoms with van der Waals surface area (Å²) >= 11 is 0. The van der Waals surface area contributed by atoms with Gasteiger partial charge in [-0.2, -0.15) is 5.26 Å². The Labute approximate surface area is 95.6 Å². The van der Waals surface area contributed by atoms with Crippen molar-refractivity contribution in [3.05, 3.63) is 17.3 Å². The maximum atomic E-state index is 12.1. The van der Waals surface area contributed by atoms with Gasteiger partial charge in [-0.3, -0.25) is 0 Å². The van der Waals surface area contributed by atoms with Gasteiger partial charge in [0.15, 0.2) is 5.75 Å². The Bertz CT molecular complexity index is 452. The fourth-order valence-electron chi connectivity index (χ4n) is 1.19. The van der Waals surface area contributed by atoms with E-state index in [-0.39, 0.29) is 17.9 Å². The summed E-state index contributed by atoms with van der Waals surface area (Å²) < 4.78 is 44.7. The van der Waals surface area contributed by atoms with Crippen molar-refractivity contribution in [2.75, 3.05) is 7.11 Å². The van der Waals surface area contributed by atoms with Crippen LogP contribution in [0.4, 0.5) is 13.2 Å². The second-order valence-electron chi connectivity index (χ2n) is 3.14. The lowest BCUT2D eigenvalue weighted by Gasteiger charge is -2.13. The van der Waals surface area contributed by atoms with Gasteiger partial charge in [0.05, 0.1) is 25.3 Å². The SMILES string of the molecule is COc1cc(C)c(CC#N)nc1OC(F)(F)F. The van der Waals surface area contributed by atoms with Gasteiger partial charge in [-0.25, -0.2) is 4.98 Å². The fraction of sp³-hybridized carbons (Fsp3) is 0.400. The Balaban J connectivity index is 3.18. The second-order valence-corrected chi connectivity index (χ2v) is 3.14. The molecule has 0 aliphatic heterocycles. The van der Waals surface area contributed by atoms with Gasteiger partial charge in [0.2, 0.25) is 0 Å². The number of halogens is 3. The fourth-order valence-corrected chi connectivity index (χ4v) is 1.19. The molecule has 17 heavy (non-hydrogen) atoms. The van der Waals surface area contributed by atoms with E-state index < -0.39 is 12.2 Å². The van der Waals surface area contributed by atoms with E-state index in [1.807, 2.05) is 6.07 Å². The standard InChI is InChI=1S/C10H9F3N2O2/c1-6-5-8(16-2)9(17-10(11,12)13)15-7(6)3-4-14/h5H,3H2,1-2H3. The van der Waals surface area contributed by atoms with Crippen LogP contribution in [0.2, 0.25) is 0 Å². The molecule has 0 unspecified atom stereocenters. The minimum absolute atomic E-state index is 0.0932. The van der Waals surface area contributed by atoms with E-state index in [1.165, 1.54) is 13.2 Å². The molecule has 0 amide bonds. The molecule has 1 aromatic rings. The first-order valence-electron chi connectivity index (χ1n) is 4.54. The lowest BCUT2D eigenvalue weighted by Crippen LogP contribution is -2.19. The van der Waals surface area contributed by atoms with Crippen LogP contribution in [0.25, 0.3) is 0 Å². The molecule has 0 atom stereocenters. The van der Waals surface area contributed by atoms with Gasteiger partial charge >= 0.3 is 6.36 Å². The summed E-state index contributed by atoms with van der Waals surface area (Å²) in [6.07, 6.45) is -4.94. The van der Waals surface area contributed by atoms with Crippen LogP contribution in [-0.4, -0.2) is 18.5 Å². The largest absolute Gasteiger partial charge is 0.574 e. The van der Waals surface area contributed by atoms with Crippen LogP contribution in [0.5, 0.6) is 11.6 Å². The summed E-state index contributed by atoms with van der Waals surface area (Å²) in [7, 11) is 1.21. The Hall–Kier alpha value is -1.97. The Morgan fingerprint density at radius 1 is 1.47 bits per heavy atom. The molecule has 1 rings (SSSR count). The minimum Gasteiger partial charge on any atom is -0.491 e. The number of nitrogens with zero attached hydrogens (tertiary/aromatic N) is 2. The number of aromatic nitrogens is 1. The lowest BCUT2D eigenvalue weighted by atomic mass is 10.1. The number of nitriles is 1. The second kappa shape index (κ2) is 4.91. The molecular formula is C10H9F3N2O2. The maximum absolute atomic E-state index is 12.1. The van der Waals surface area contributed by atoms with E-state index in [9.17, 15) is 13.2 Å². The summed E-state index contributed by atoms with van der Waals surface area (Å²) in [5, 5.41) is 8.51. The van der Waals surface area contributed by atoms with Crippen molar-refractivity contribution >= 4 is 0 Å². The monoisotopic (exact) mass is 246 g/mol. The number of hydrogen-bond acceptors (Lipinski definition) is 4. The number of rotatable bonds is 3. The third-order valence-electron chi connectivity index (χ3n) is 1.93. The van der Waals surface area contributed by atoms with Crippen LogP contribution >= 0.6 is 0 Å². The third-order valence-corrected chi connectivity index (χ3v) is 1.93. The Morgan fingerprint density at radius 2 is 2.12 bits per heavy atom. The minimum atomic E-state index is -4.85. The summed E-state index contributed by atoms with van der Waals surface area (Å²) in [6.45, 7) is 1.62. The summed E-state index contributed by atoms with van der Waals surface area (Å²) in [6, 6.07) is 3.16. The van der Waals surface area contributed by atoms with E-state index in [0.29, 0.717) is 5.56 Å². The summed E-state index contributed by atoms with van der Waals surface area (Å²) in [5.41, 5.74) is 0.797. The van der Waals surface area contributed by atoms with Crippen molar-refractivity contribution in [2.24, 2.45) is 0 Å². The van der Waals surface area contributed by atoms with Crippen LogP contribution < -0.4 is 9.47 Å². The quantitative estimate of drug-likeness (QED) is 0.821. The molecule has 7 heteroatoms. The van der Waals surface area contributed by atoms with Crippen LogP contribution in [0, 0.1) is 18.3 Å². The average Bonchev–Trinajstić information content (AvgIpc) is 2.20. The Kier molecular flexibility index (Phi) is 3.78. The molecule has 0 saturated heterocycles. The topological polar surface area (TPSA) is 55.1 Å². The maximum Gasteiger partial charge on any atom is 0.574 e. The first kappa shape index (κ1) is 13.1. The zero-order valence-electron chi connectivity index (χ0n) is 9.13. The van der Waals surface area contributed by atoms with Gasteiger partial charge in [-0.15, -0.1) is 13.2 Å². The number of ether oxygens (including phenoxy) is 2. The lowest BCUT2D eigenvalue weighted by molar-refractivity contribution is -0.276. The van der Waals surface area contributed by atoms with Gasteiger partial charge in [-0.1, -0.05) is 0 Å². The number of aryl methyl sites for hydroxylation is 1. The molecule has 0 N–H and O–H groups in total. The van der Waals surface area contributed by atoms with Crippen molar-refractivity contribution in [2.45, 2.75) is 19.7 Å². The molecule has 0 saturated carbocycles. The van der Waals surface area contributed by atoms with Gasteiger partial charge in [-0.05, 0) is 18.6 Å². The highest BCUT2D eigenvalue weighted by Gasteiger charge is 2.33. The zero-order chi connectivity index (χ0) is 13.1. The molecule has 4 nitrogen and oxygen atoms in total. The van der Waals surface area contributed by atoms with Crippen molar-refractivity contribution < 1.29 is 22.6 Å². The number of methoxy groups -OCH3 is 1. The Morgan fingerprint density at radius 3 is 2.59 bits per heavy atom. The molecule has 92 valence electrons. The van der Waals surface area contributed by atoms with Crippen LogP contribution in [0.1, 0.15) is 11.3 Å². The molecule has 0 bridgehead atoms. The molecule has 0 radical (unpaired) electrons. The van der Waals surface area contributed by atoms with E-state index in [2.05, 4.69) is 9.72 Å². The van der Waals surface area contributed by atoms with Gasteiger partial charge in [0.25, 0.3) is 5.88 Å². The van der Waals surface area contributed by atoms with Crippen molar-refractivity contribution in [3.63, 3.8) is 0 Å². The smallest absolute Gasteiger partial charge is 0.491 e.